The Morgan fingerprint density at radius 2 is 2.06 bits per heavy atom. The zero-order chi connectivity index (χ0) is 13.0. The van der Waals surface area contributed by atoms with Crippen LogP contribution in [0, 0.1) is 0 Å². The Labute approximate surface area is 111 Å². The molecule has 5 nitrogen and oxygen atoms in total. The quantitative estimate of drug-likeness (QED) is 0.802. The van der Waals surface area contributed by atoms with Gasteiger partial charge in [0.1, 0.15) is 5.69 Å². The number of nitrogens with one attached hydrogen (secondary N) is 1. The molecule has 0 radical (unpaired) electrons. The summed E-state index contributed by atoms with van der Waals surface area (Å²) in [5.74, 6) is -0.266. The molecular formula is C12H16N4OS. The summed E-state index contributed by atoms with van der Waals surface area (Å²) in [6, 6.07) is 0. The Hall–Kier alpha value is -1.56. The number of amides is 1. The lowest BCUT2D eigenvalue weighted by molar-refractivity contribution is 0.0903. The van der Waals surface area contributed by atoms with E-state index in [1.165, 1.54) is 18.6 Å². The van der Waals surface area contributed by atoms with Crippen molar-refractivity contribution < 1.29 is 4.79 Å². The van der Waals surface area contributed by atoms with Crippen molar-refractivity contribution >= 4 is 23.1 Å². The molecule has 0 atom stereocenters. The van der Waals surface area contributed by atoms with Crippen LogP contribution in [0.3, 0.4) is 0 Å². The molecule has 0 spiro atoms. The summed E-state index contributed by atoms with van der Waals surface area (Å²) in [6.45, 7) is 0. The zero-order valence-electron chi connectivity index (χ0n) is 10.1. The van der Waals surface area contributed by atoms with Crippen LogP contribution < -0.4 is 11.1 Å². The van der Waals surface area contributed by atoms with Gasteiger partial charge < -0.3 is 11.1 Å². The minimum absolute atomic E-state index is 0.266. The maximum Gasteiger partial charge on any atom is 0.272 e. The molecule has 1 aromatic rings. The van der Waals surface area contributed by atoms with E-state index in [0.29, 0.717) is 10.7 Å². The number of carbonyl (C=O) groups is 1. The number of carbonyl (C=O) groups excluding carboxylic acids is 1. The van der Waals surface area contributed by atoms with Crippen molar-refractivity contribution in [1.82, 2.24) is 15.3 Å². The topological polar surface area (TPSA) is 80.9 Å². The van der Waals surface area contributed by atoms with Crippen LogP contribution in [0.25, 0.3) is 0 Å². The van der Waals surface area contributed by atoms with Gasteiger partial charge in [-0.05, 0) is 12.8 Å². The van der Waals surface area contributed by atoms with Crippen molar-refractivity contribution in [2.75, 3.05) is 0 Å². The van der Waals surface area contributed by atoms with Crippen LogP contribution in [0.2, 0.25) is 0 Å². The van der Waals surface area contributed by atoms with Gasteiger partial charge in [-0.3, -0.25) is 9.78 Å². The largest absolute Gasteiger partial charge is 0.391 e. The smallest absolute Gasteiger partial charge is 0.272 e. The molecule has 96 valence electrons. The van der Waals surface area contributed by atoms with E-state index in [0.717, 1.165) is 32.1 Å². The van der Waals surface area contributed by atoms with Crippen molar-refractivity contribution in [3.63, 3.8) is 0 Å². The monoisotopic (exact) mass is 264 g/mol. The van der Waals surface area contributed by atoms with E-state index >= 15 is 0 Å². The molecule has 3 N–H and O–H groups in total. The first-order valence-corrected chi connectivity index (χ1v) is 6.43. The van der Waals surface area contributed by atoms with Gasteiger partial charge in [0.15, 0.2) is 0 Å². The van der Waals surface area contributed by atoms with E-state index in [2.05, 4.69) is 15.3 Å². The van der Waals surface area contributed by atoms with E-state index in [1.54, 1.807) is 0 Å². The average molecular weight is 264 g/mol. The molecule has 0 aliphatic heterocycles. The van der Waals surface area contributed by atoms with E-state index < -0.39 is 5.54 Å². The van der Waals surface area contributed by atoms with Gasteiger partial charge in [-0.25, -0.2) is 4.98 Å². The summed E-state index contributed by atoms with van der Waals surface area (Å²) < 4.78 is 0. The molecule has 0 unspecified atom stereocenters. The molecular weight excluding hydrogens is 248 g/mol. The Kier molecular flexibility index (Phi) is 3.86. The summed E-state index contributed by atoms with van der Waals surface area (Å²) >= 11 is 5.12. The number of nitrogens with zero attached hydrogens (tertiary/aromatic N) is 2. The highest BCUT2D eigenvalue weighted by Crippen LogP contribution is 2.28. The summed E-state index contributed by atoms with van der Waals surface area (Å²) in [7, 11) is 0. The van der Waals surface area contributed by atoms with Crippen LogP contribution in [0.1, 0.15) is 42.6 Å². The van der Waals surface area contributed by atoms with Gasteiger partial charge in [-0.2, -0.15) is 0 Å². The van der Waals surface area contributed by atoms with Crippen molar-refractivity contribution in [2.45, 2.75) is 37.6 Å². The van der Waals surface area contributed by atoms with Crippen LogP contribution in [-0.2, 0) is 0 Å². The van der Waals surface area contributed by atoms with E-state index in [1.807, 2.05) is 0 Å². The van der Waals surface area contributed by atoms with Crippen LogP contribution in [0.4, 0.5) is 0 Å². The minimum Gasteiger partial charge on any atom is -0.391 e. The van der Waals surface area contributed by atoms with Crippen molar-refractivity contribution in [2.24, 2.45) is 5.73 Å². The number of nitrogens with two attached hydrogens (primary N) is 1. The number of hydrogen-bond donors (Lipinski definition) is 2. The molecule has 1 aromatic heterocycles. The highest BCUT2D eigenvalue weighted by atomic mass is 32.1. The first kappa shape index (κ1) is 12.9. The second-order valence-electron chi connectivity index (χ2n) is 4.55. The first-order chi connectivity index (χ1) is 8.64. The predicted molar refractivity (Wildman–Crippen MR) is 72.1 cm³/mol. The van der Waals surface area contributed by atoms with Gasteiger partial charge in [0.25, 0.3) is 5.91 Å². The molecule has 0 aromatic carbocycles. The number of hydrogen-bond acceptors (Lipinski definition) is 4. The van der Waals surface area contributed by atoms with Gasteiger partial charge in [-0.15, -0.1) is 0 Å². The maximum atomic E-state index is 12.1. The van der Waals surface area contributed by atoms with Gasteiger partial charge in [0, 0.05) is 12.4 Å². The molecule has 18 heavy (non-hydrogen) atoms. The normalized spacial score (nSPS) is 18.0. The second-order valence-corrected chi connectivity index (χ2v) is 4.99. The van der Waals surface area contributed by atoms with Gasteiger partial charge in [0.05, 0.1) is 16.7 Å². The van der Waals surface area contributed by atoms with Crippen molar-refractivity contribution in [3.05, 3.63) is 24.3 Å². The lowest BCUT2D eigenvalue weighted by Crippen LogP contribution is -2.57. The predicted octanol–water partition coefficient (Wildman–Crippen LogP) is 1.20. The molecule has 1 aliphatic rings. The third-order valence-electron chi connectivity index (χ3n) is 3.33. The van der Waals surface area contributed by atoms with Gasteiger partial charge >= 0.3 is 0 Å². The minimum atomic E-state index is -0.553. The number of thiocarbonyl (C=S) groups is 1. The van der Waals surface area contributed by atoms with Crippen molar-refractivity contribution in [1.29, 1.82) is 0 Å². The van der Waals surface area contributed by atoms with Crippen LogP contribution >= 0.6 is 12.2 Å². The zero-order valence-corrected chi connectivity index (χ0v) is 10.9. The van der Waals surface area contributed by atoms with E-state index in [4.69, 9.17) is 18.0 Å². The molecule has 1 fully saturated rings. The Morgan fingerprint density at radius 3 is 2.61 bits per heavy atom. The molecule has 2 rings (SSSR count). The third-order valence-corrected chi connectivity index (χ3v) is 3.72. The fraction of sp³-hybridized carbons (Fsp3) is 0.500. The summed E-state index contributed by atoms with van der Waals surface area (Å²) in [5, 5.41) is 2.94. The molecule has 1 saturated carbocycles. The fourth-order valence-electron chi connectivity index (χ4n) is 2.29. The highest BCUT2D eigenvalue weighted by Gasteiger charge is 2.36. The maximum absolute atomic E-state index is 12.1. The summed E-state index contributed by atoms with van der Waals surface area (Å²) in [6.07, 6.45) is 9.26. The Balaban J connectivity index is 2.15. The highest BCUT2D eigenvalue weighted by molar-refractivity contribution is 7.80. The Morgan fingerprint density at radius 1 is 1.33 bits per heavy atom. The average Bonchev–Trinajstić information content (AvgIpc) is 2.40. The molecule has 0 bridgehead atoms. The third kappa shape index (κ3) is 2.64. The van der Waals surface area contributed by atoms with Gasteiger partial charge in [0.2, 0.25) is 0 Å². The fourth-order valence-corrected chi connectivity index (χ4v) is 2.54. The van der Waals surface area contributed by atoms with Gasteiger partial charge in [-0.1, -0.05) is 31.5 Å². The second kappa shape index (κ2) is 5.39. The van der Waals surface area contributed by atoms with Crippen LogP contribution in [-0.4, -0.2) is 26.4 Å². The SMILES string of the molecule is NC(=S)C1(NC(=O)c2cnccn2)CCCCC1. The Bertz CT molecular complexity index is 443. The molecule has 1 aliphatic carbocycles. The summed E-state index contributed by atoms with van der Waals surface area (Å²) in [5.41, 5.74) is 5.55. The standard InChI is InChI=1S/C12H16N4OS/c13-11(18)12(4-2-1-3-5-12)16-10(17)9-8-14-6-7-15-9/h6-8H,1-5H2,(H2,13,18)(H,16,17). The summed E-state index contributed by atoms with van der Waals surface area (Å²) in [4.78, 5) is 20.3. The number of aromatic nitrogens is 2. The molecule has 1 amide bonds. The van der Waals surface area contributed by atoms with Crippen LogP contribution in [0.15, 0.2) is 18.6 Å². The molecule has 0 saturated heterocycles. The van der Waals surface area contributed by atoms with Crippen molar-refractivity contribution in [3.8, 4) is 0 Å². The van der Waals surface area contributed by atoms with E-state index in [9.17, 15) is 4.79 Å². The lowest BCUT2D eigenvalue weighted by Gasteiger charge is -2.36. The first-order valence-electron chi connectivity index (χ1n) is 6.02. The molecule has 6 heteroatoms. The lowest BCUT2D eigenvalue weighted by atomic mass is 9.81. The van der Waals surface area contributed by atoms with E-state index in [-0.39, 0.29) is 5.91 Å². The molecule has 1 heterocycles. The number of rotatable bonds is 3. The van der Waals surface area contributed by atoms with Crippen LogP contribution in [0.5, 0.6) is 0 Å².